The van der Waals surface area contributed by atoms with Crippen molar-refractivity contribution in [3.8, 4) is 0 Å². The molecule has 2 heterocycles. The van der Waals surface area contributed by atoms with Crippen LogP contribution in [-0.4, -0.2) is 39.7 Å². The van der Waals surface area contributed by atoms with Gasteiger partial charge in [-0.2, -0.15) is 5.10 Å². The van der Waals surface area contributed by atoms with E-state index in [1.807, 2.05) is 6.92 Å². The zero-order valence-electron chi connectivity index (χ0n) is 17.6. The number of hydrogen-bond acceptors (Lipinski definition) is 6. The molecule has 172 valence electrons. The summed E-state index contributed by atoms with van der Waals surface area (Å²) in [6.07, 6.45) is 1.56. The molecule has 1 amide bonds. The first-order chi connectivity index (χ1) is 15.3. The normalized spacial score (nSPS) is 12.3. The molecule has 0 bridgehead atoms. The van der Waals surface area contributed by atoms with Crippen molar-refractivity contribution in [1.82, 2.24) is 14.8 Å². The summed E-state index contributed by atoms with van der Waals surface area (Å²) in [5.74, 6) is -1.55. The molecule has 0 spiro atoms. The van der Waals surface area contributed by atoms with Gasteiger partial charge >= 0.3 is 0 Å². The zero-order valence-corrected chi connectivity index (χ0v) is 17.6. The van der Waals surface area contributed by atoms with Gasteiger partial charge in [-0.1, -0.05) is 19.8 Å². The lowest BCUT2D eigenvalue weighted by atomic mass is 10.1. The van der Waals surface area contributed by atoms with Crippen molar-refractivity contribution in [3.63, 3.8) is 0 Å². The summed E-state index contributed by atoms with van der Waals surface area (Å²) in [6, 6.07) is 5.75. The van der Waals surface area contributed by atoms with E-state index in [1.165, 1.54) is 10.9 Å². The molecule has 0 fully saturated rings. The highest BCUT2D eigenvalue weighted by Crippen LogP contribution is 2.27. The van der Waals surface area contributed by atoms with E-state index in [-0.39, 0.29) is 23.2 Å². The summed E-state index contributed by atoms with van der Waals surface area (Å²) in [7, 11) is 0. The van der Waals surface area contributed by atoms with Crippen molar-refractivity contribution in [2.75, 3.05) is 17.2 Å². The van der Waals surface area contributed by atoms with Crippen molar-refractivity contribution in [2.45, 2.75) is 45.2 Å². The number of halogens is 3. The number of nitrogens with one attached hydrogen (secondary N) is 2. The molecule has 1 unspecified atom stereocenters. The average Bonchev–Trinajstić information content (AvgIpc) is 3.14. The number of alkyl halides is 2. The fraction of sp³-hybridized carbons (Fsp3) is 0.381. The van der Waals surface area contributed by atoms with Gasteiger partial charge in [-0.15, -0.1) is 0 Å². The molecule has 0 aliphatic carbocycles. The molecule has 0 saturated heterocycles. The summed E-state index contributed by atoms with van der Waals surface area (Å²) in [5.41, 5.74) is 12.1. The molecule has 1 aromatic carbocycles. The minimum absolute atomic E-state index is 0.0464. The number of primary amides is 1. The highest BCUT2D eigenvalue weighted by Gasteiger charge is 2.18. The fourth-order valence-corrected chi connectivity index (χ4v) is 3.34. The maximum Gasteiger partial charge on any atom is 0.257 e. The second-order valence-electron chi connectivity index (χ2n) is 7.41. The Bertz CT molecular complexity index is 1090. The third-order valence-corrected chi connectivity index (χ3v) is 4.99. The smallest absolute Gasteiger partial charge is 0.257 e. The van der Waals surface area contributed by atoms with Crippen LogP contribution in [0.25, 0.3) is 10.9 Å². The van der Waals surface area contributed by atoms with E-state index in [9.17, 15) is 18.0 Å². The number of pyridine rings is 1. The minimum Gasteiger partial charge on any atom is -0.365 e. The van der Waals surface area contributed by atoms with Crippen LogP contribution in [0.3, 0.4) is 0 Å². The number of carbonyl (C=O) groups excluding carboxylic acids is 1. The summed E-state index contributed by atoms with van der Waals surface area (Å²) in [4.78, 5) is 16.1. The topological polar surface area (TPSA) is 124 Å². The summed E-state index contributed by atoms with van der Waals surface area (Å²) in [5, 5.41) is 10.5. The number of unbranched alkanes of at least 4 members (excludes halogenated alkanes) is 1. The lowest BCUT2D eigenvalue weighted by Crippen LogP contribution is -2.30. The molecule has 11 heteroatoms. The number of nitrogens with zero attached hydrogens (tertiary/aromatic N) is 3. The Kier molecular flexibility index (Phi) is 7.52. The predicted molar refractivity (Wildman–Crippen MR) is 118 cm³/mol. The number of rotatable bonds is 11. The lowest BCUT2D eigenvalue weighted by Gasteiger charge is -2.19. The number of fused-ring (bicyclic) bond motifs is 1. The Morgan fingerprint density at radius 1 is 1.25 bits per heavy atom. The van der Waals surface area contributed by atoms with Crippen LogP contribution < -0.4 is 22.1 Å². The summed E-state index contributed by atoms with van der Waals surface area (Å²) < 4.78 is 41.2. The molecule has 0 saturated carbocycles. The molecular formula is C21H26F3N7O. The second kappa shape index (κ2) is 10.3. The van der Waals surface area contributed by atoms with Gasteiger partial charge in [-0.3, -0.25) is 9.48 Å². The second-order valence-corrected chi connectivity index (χ2v) is 7.41. The predicted octanol–water partition coefficient (Wildman–Crippen LogP) is 3.61. The van der Waals surface area contributed by atoms with E-state index in [2.05, 4.69) is 20.7 Å². The minimum atomic E-state index is -2.53. The number of carbonyl (C=O) groups is 1. The molecule has 1 atom stereocenters. The highest BCUT2D eigenvalue weighted by molar-refractivity contribution is 5.99. The van der Waals surface area contributed by atoms with Gasteiger partial charge in [0.2, 0.25) is 0 Å². The van der Waals surface area contributed by atoms with E-state index in [1.54, 1.807) is 18.2 Å². The standard InChI is InChI=1S/C21H26F3N7O/c1-2-3-4-14(9-25)29-21-16(22)8-15(19(26)32)20(30-21)28-13-5-6-17-12(7-13)10-27-31(17)11-18(23)24/h5-8,10,14,18H,2-4,9,11,25H2,1H3,(H2,26,32)(H2,28,29,30). The molecule has 3 aromatic rings. The van der Waals surface area contributed by atoms with Crippen LogP contribution in [0.2, 0.25) is 0 Å². The number of nitrogens with two attached hydrogens (primary N) is 2. The van der Waals surface area contributed by atoms with Gasteiger partial charge in [-0.05, 0) is 30.7 Å². The van der Waals surface area contributed by atoms with Gasteiger partial charge in [0.25, 0.3) is 12.3 Å². The van der Waals surface area contributed by atoms with Crippen molar-refractivity contribution in [2.24, 2.45) is 11.5 Å². The first kappa shape index (κ1) is 23.3. The van der Waals surface area contributed by atoms with E-state index >= 15 is 0 Å². The number of benzene rings is 1. The third kappa shape index (κ3) is 5.47. The number of amides is 1. The molecule has 32 heavy (non-hydrogen) atoms. The number of hydrogen-bond donors (Lipinski definition) is 4. The first-order valence-electron chi connectivity index (χ1n) is 10.3. The Morgan fingerprint density at radius 2 is 2.03 bits per heavy atom. The zero-order chi connectivity index (χ0) is 23.3. The van der Waals surface area contributed by atoms with Gasteiger partial charge in [-0.25, -0.2) is 18.2 Å². The fourth-order valence-electron chi connectivity index (χ4n) is 3.34. The molecule has 0 aliphatic rings. The van der Waals surface area contributed by atoms with E-state index < -0.39 is 24.7 Å². The summed E-state index contributed by atoms with van der Waals surface area (Å²) >= 11 is 0. The molecule has 3 rings (SSSR count). The third-order valence-electron chi connectivity index (χ3n) is 4.99. The van der Waals surface area contributed by atoms with Gasteiger partial charge in [0, 0.05) is 23.7 Å². The Hall–Kier alpha value is -3.34. The molecule has 0 radical (unpaired) electrons. The van der Waals surface area contributed by atoms with Crippen LogP contribution >= 0.6 is 0 Å². The molecule has 0 aliphatic heterocycles. The SMILES string of the molecule is CCCCC(CN)Nc1nc(Nc2ccc3c(cnn3CC(F)F)c2)c(C(N)=O)cc1F. The largest absolute Gasteiger partial charge is 0.365 e. The highest BCUT2D eigenvalue weighted by atomic mass is 19.3. The van der Waals surface area contributed by atoms with Gasteiger partial charge in [0.1, 0.15) is 12.4 Å². The quantitative estimate of drug-likeness (QED) is 0.355. The molecule has 2 aromatic heterocycles. The summed E-state index contributed by atoms with van der Waals surface area (Å²) in [6.45, 7) is 1.82. The maximum atomic E-state index is 14.6. The van der Waals surface area contributed by atoms with E-state index in [0.29, 0.717) is 23.1 Å². The van der Waals surface area contributed by atoms with Crippen molar-refractivity contribution in [3.05, 3.63) is 41.8 Å². The van der Waals surface area contributed by atoms with Gasteiger partial charge < -0.3 is 22.1 Å². The monoisotopic (exact) mass is 449 g/mol. The van der Waals surface area contributed by atoms with Gasteiger partial charge in [0.15, 0.2) is 11.6 Å². The lowest BCUT2D eigenvalue weighted by molar-refractivity contribution is 0.1000. The van der Waals surface area contributed by atoms with Crippen LogP contribution in [0.15, 0.2) is 30.5 Å². The molecular weight excluding hydrogens is 423 g/mol. The Morgan fingerprint density at radius 3 is 2.69 bits per heavy atom. The van der Waals surface area contributed by atoms with Crippen LogP contribution in [0.1, 0.15) is 36.5 Å². The van der Waals surface area contributed by atoms with Crippen LogP contribution in [0.5, 0.6) is 0 Å². The maximum absolute atomic E-state index is 14.6. The average molecular weight is 449 g/mol. The Labute approximate surface area is 183 Å². The molecule has 8 nitrogen and oxygen atoms in total. The van der Waals surface area contributed by atoms with E-state index in [0.717, 1.165) is 25.3 Å². The van der Waals surface area contributed by atoms with Crippen LogP contribution in [-0.2, 0) is 6.54 Å². The molecule has 6 N–H and O–H groups in total. The Balaban J connectivity index is 1.91. The van der Waals surface area contributed by atoms with Crippen molar-refractivity contribution < 1.29 is 18.0 Å². The van der Waals surface area contributed by atoms with Gasteiger partial charge in [0.05, 0.1) is 17.3 Å². The number of anilines is 3. The van der Waals surface area contributed by atoms with Crippen molar-refractivity contribution in [1.29, 1.82) is 0 Å². The number of aromatic nitrogens is 3. The first-order valence-corrected chi connectivity index (χ1v) is 10.3. The van der Waals surface area contributed by atoms with Crippen LogP contribution in [0, 0.1) is 5.82 Å². The van der Waals surface area contributed by atoms with Crippen LogP contribution in [0.4, 0.5) is 30.5 Å². The van der Waals surface area contributed by atoms with E-state index in [4.69, 9.17) is 11.5 Å². The van der Waals surface area contributed by atoms with Crippen molar-refractivity contribution >= 4 is 34.1 Å².